The highest BCUT2D eigenvalue weighted by Crippen LogP contribution is 2.26. The molecule has 0 amide bonds. The van der Waals surface area contributed by atoms with Gasteiger partial charge in [0.05, 0.1) is 32.0 Å². The summed E-state index contributed by atoms with van der Waals surface area (Å²) in [4.78, 5) is 14.9. The number of hydrogen-bond donors (Lipinski definition) is 1. The van der Waals surface area contributed by atoms with Gasteiger partial charge in [0.15, 0.2) is 5.78 Å². The van der Waals surface area contributed by atoms with E-state index in [1.165, 1.54) is 24.9 Å². The Bertz CT molecular complexity index is 958. The van der Waals surface area contributed by atoms with Gasteiger partial charge in [-0.3, -0.25) is 4.79 Å². The van der Waals surface area contributed by atoms with Gasteiger partial charge in [-0.1, -0.05) is 18.2 Å². The van der Waals surface area contributed by atoms with E-state index in [2.05, 4.69) is 29.2 Å². The smallest absolute Gasteiger partial charge is 0.173 e. The molecule has 1 aliphatic heterocycles. The summed E-state index contributed by atoms with van der Waals surface area (Å²) in [5, 5.41) is 20.3. The quantitative estimate of drug-likeness (QED) is 0.306. The summed E-state index contributed by atoms with van der Waals surface area (Å²) in [5.41, 5.74) is 2.28. The third kappa shape index (κ3) is 7.16. The molecule has 0 spiro atoms. The number of aliphatic hydroxyl groups excluding tert-OH is 1. The first kappa shape index (κ1) is 23.9. The van der Waals surface area contributed by atoms with Crippen molar-refractivity contribution < 1.29 is 19.4 Å². The van der Waals surface area contributed by atoms with Crippen LogP contribution < -0.4 is 4.90 Å². The Morgan fingerprint density at radius 2 is 1.72 bits per heavy atom. The lowest BCUT2D eigenvalue weighted by Crippen LogP contribution is -2.29. The molecule has 0 aliphatic carbocycles. The molecule has 6 nitrogen and oxygen atoms in total. The van der Waals surface area contributed by atoms with Crippen molar-refractivity contribution in [3.63, 3.8) is 0 Å². The number of carbonyl (C=O) groups is 1. The zero-order valence-electron chi connectivity index (χ0n) is 18.6. The van der Waals surface area contributed by atoms with Crippen molar-refractivity contribution in [2.45, 2.75) is 32.1 Å². The number of piperidine rings is 1. The predicted octanol–water partition coefficient (Wildman–Crippen LogP) is 4.11. The van der Waals surface area contributed by atoms with E-state index in [1.54, 1.807) is 6.08 Å². The van der Waals surface area contributed by atoms with Crippen molar-refractivity contribution in [1.82, 2.24) is 0 Å². The van der Waals surface area contributed by atoms with E-state index in [-0.39, 0.29) is 24.4 Å². The van der Waals surface area contributed by atoms with E-state index in [0.717, 1.165) is 29.4 Å². The number of Topliss-reactive ketones (excluding diaryl/α,β-unsaturated/α-hetero) is 1. The molecule has 0 radical (unpaired) electrons. The first-order chi connectivity index (χ1) is 15.7. The topological polar surface area (TPSA) is 82.8 Å². The molecule has 0 saturated carbocycles. The normalized spacial score (nSPS) is 14.5. The molecule has 2 aromatic rings. The molecule has 1 fully saturated rings. The van der Waals surface area contributed by atoms with Crippen molar-refractivity contribution in [2.75, 3.05) is 51.0 Å². The van der Waals surface area contributed by atoms with Gasteiger partial charge in [-0.25, -0.2) is 0 Å². The van der Waals surface area contributed by atoms with Crippen LogP contribution in [0.5, 0.6) is 0 Å². The maximum Gasteiger partial charge on any atom is 0.173 e. The second-order valence-corrected chi connectivity index (χ2v) is 7.98. The molecular weight excluding hydrogens is 404 g/mol. The minimum absolute atomic E-state index is 0.00534. The summed E-state index contributed by atoms with van der Waals surface area (Å²) in [7, 11) is 0. The Balaban J connectivity index is 1.55. The Kier molecular flexibility index (Phi) is 9.70. The first-order valence-corrected chi connectivity index (χ1v) is 11.4. The number of fused-ring (bicyclic) bond motifs is 1. The largest absolute Gasteiger partial charge is 0.394 e. The van der Waals surface area contributed by atoms with Gasteiger partial charge in [-0.2, -0.15) is 5.26 Å². The summed E-state index contributed by atoms with van der Waals surface area (Å²) < 4.78 is 10.5. The average Bonchev–Trinajstić information content (AvgIpc) is 2.84. The third-order valence-corrected chi connectivity index (χ3v) is 5.60. The lowest BCUT2D eigenvalue weighted by molar-refractivity contribution is -0.115. The standard InChI is InChI=1S/C26H32N2O4/c27-20-24(26(30)5-4-13-31-15-16-32-14-12-29)18-21-6-7-23-19-25(9-8-22(23)17-21)28-10-2-1-3-11-28/h6-9,17-19,29H,1-5,10-16H2. The molecule has 1 aliphatic rings. The molecule has 0 bridgehead atoms. The number of hydrogen-bond acceptors (Lipinski definition) is 6. The maximum atomic E-state index is 12.4. The predicted molar refractivity (Wildman–Crippen MR) is 127 cm³/mol. The number of nitrogens with zero attached hydrogens (tertiary/aromatic N) is 2. The van der Waals surface area contributed by atoms with Crippen LogP contribution in [0.3, 0.4) is 0 Å². The summed E-state index contributed by atoms with van der Waals surface area (Å²) in [5.74, 6) is -0.173. The van der Waals surface area contributed by atoms with Crippen molar-refractivity contribution in [2.24, 2.45) is 0 Å². The van der Waals surface area contributed by atoms with Crippen LogP contribution >= 0.6 is 0 Å². The molecule has 0 unspecified atom stereocenters. The molecule has 0 atom stereocenters. The maximum absolute atomic E-state index is 12.4. The van der Waals surface area contributed by atoms with Crippen LogP contribution in [0, 0.1) is 11.3 Å². The number of ether oxygens (including phenoxy) is 2. The van der Waals surface area contributed by atoms with Gasteiger partial charge in [0.1, 0.15) is 6.07 Å². The number of anilines is 1. The molecule has 2 aromatic carbocycles. The van der Waals surface area contributed by atoms with Gasteiger partial charge in [-0.15, -0.1) is 0 Å². The van der Waals surface area contributed by atoms with Gasteiger partial charge >= 0.3 is 0 Å². The Labute approximate surface area is 190 Å². The molecule has 32 heavy (non-hydrogen) atoms. The first-order valence-electron chi connectivity index (χ1n) is 11.4. The minimum Gasteiger partial charge on any atom is -0.394 e. The van der Waals surface area contributed by atoms with E-state index < -0.39 is 0 Å². The zero-order valence-corrected chi connectivity index (χ0v) is 18.6. The second kappa shape index (κ2) is 13.0. The second-order valence-electron chi connectivity index (χ2n) is 7.98. The van der Waals surface area contributed by atoms with Crippen molar-refractivity contribution >= 4 is 28.3 Å². The van der Waals surface area contributed by atoms with Crippen LogP contribution in [0.4, 0.5) is 5.69 Å². The lowest BCUT2D eigenvalue weighted by Gasteiger charge is -2.29. The van der Waals surface area contributed by atoms with Crippen molar-refractivity contribution in [3.05, 3.63) is 47.5 Å². The van der Waals surface area contributed by atoms with Gasteiger partial charge in [0.2, 0.25) is 0 Å². The molecule has 170 valence electrons. The number of carbonyl (C=O) groups excluding carboxylic acids is 1. The van der Waals surface area contributed by atoms with Gasteiger partial charge in [0, 0.05) is 31.8 Å². The molecule has 1 N–H and O–H groups in total. The summed E-state index contributed by atoms with van der Waals surface area (Å²) in [6.07, 6.45) is 6.30. The number of ketones is 1. The average molecular weight is 437 g/mol. The summed E-state index contributed by atoms with van der Waals surface area (Å²) in [6.45, 7) is 3.79. The van der Waals surface area contributed by atoms with Crippen LogP contribution in [0.25, 0.3) is 16.8 Å². The van der Waals surface area contributed by atoms with E-state index in [0.29, 0.717) is 32.8 Å². The van der Waals surface area contributed by atoms with E-state index >= 15 is 0 Å². The van der Waals surface area contributed by atoms with Crippen LogP contribution in [0.15, 0.2) is 42.0 Å². The number of rotatable bonds is 12. The van der Waals surface area contributed by atoms with Crippen LogP contribution in [-0.4, -0.2) is 57.0 Å². The Hall–Kier alpha value is -2.72. The highest BCUT2D eigenvalue weighted by atomic mass is 16.5. The molecular formula is C26H32N2O4. The SMILES string of the molecule is N#CC(=Cc1ccc2cc(N3CCCCC3)ccc2c1)C(=O)CCCOCCOCCO. The monoisotopic (exact) mass is 436 g/mol. The highest BCUT2D eigenvalue weighted by Gasteiger charge is 2.12. The molecule has 1 heterocycles. The number of allylic oxidation sites excluding steroid dienone is 1. The molecule has 0 aromatic heterocycles. The van der Waals surface area contributed by atoms with Gasteiger partial charge < -0.3 is 19.5 Å². The number of benzene rings is 2. The summed E-state index contributed by atoms with van der Waals surface area (Å²) >= 11 is 0. The lowest BCUT2D eigenvalue weighted by atomic mass is 10.0. The van der Waals surface area contributed by atoms with E-state index in [4.69, 9.17) is 14.6 Å². The zero-order chi connectivity index (χ0) is 22.6. The van der Waals surface area contributed by atoms with Crippen molar-refractivity contribution in [3.8, 4) is 6.07 Å². The fraction of sp³-hybridized carbons (Fsp3) is 0.462. The van der Waals surface area contributed by atoms with Crippen LogP contribution in [0.1, 0.15) is 37.7 Å². The Morgan fingerprint density at radius 3 is 2.47 bits per heavy atom. The third-order valence-electron chi connectivity index (χ3n) is 5.60. The molecule has 1 saturated heterocycles. The fourth-order valence-corrected chi connectivity index (χ4v) is 3.89. The van der Waals surface area contributed by atoms with Crippen LogP contribution in [0.2, 0.25) is 0 Å². The minimum atomic E-state index is -0.173. The highest BCUT2D eigenvalue weighted by molar-refractivity contribution is 6.03. The number of nitriles is 1. The fourth-order valence-electron chi connectivity index (χ4n) is 3.89. The molecule has 6 heteroatoms. The van der Waals surface area contributed by atoms with Crippen LogP contribution in [-0.2, 0) is 14.3 Å². The van der Waals surface area contributed by atoms with Crippen molar-refractivity contribution in [1.29, 1.82) is 5.26 Å². The summed E-state index contributed by atoms with van der Waals surface area (Å²) in [6, 6.07) is 14.6. The molecule has 3 rings (SSSR count). The van der Waals surface area contributed by atoms with Gasteiger partial charge in [-0.05, 0) is 66.3 Å². The number of aliphatic hydroxyl groups is 1. The van der Waals surface area contributed by atoms with E-state index in [9.17, 15) is 10.1 Å². The van der Waals surface area contributed by atoms with Gasteiger partial charge in [0.25, 0.3) is 0 Å². The van der Waals surface area contributed by atoms with E-state index in [1.807, 2.05) is 18.2 Å². The Morgan fingerprint density at radius 1 is 1.00 bits per heavy atom.